The van der Waals surface area contributed by atoms with Gasteiger partial charge in [-0.1, -0.05) is 42.5 Å². The fourth-order valence-electron chi connectivity index (χ4n) is 3.99. The van der Waals surface area contributed by atoms with Crippen LogP contribution in [0.2, 0.25) is 0 Å². The van der Waals surface area contributed by atoms with Crippen LogP contribution in [0, 0.1) is 0 Å². The van der Waals surface area contributed by atoms with Crippen molar-refractivity contribution in [1.82, 2.24) is 4.72 Å². The molecule has 0 amide bonds. The van der Waals surface area contributed by atoms with E-state index >= 15 is 0 Å². The second-order valence-corrected chi connectivity index (χ2v) is 9.25. The van der Waals surface area contributed by atoms with Gasteiger partial charge >= 0.3 is 5.97 Å². The van der Waals surface area contributed by atoms with Gasteiger partial charge in [0.1, 0.15) is 6.10 Å². The lowest BCUT2D eigenvalue weighted by atomic mass is 9.97. The standard InChI is InChI=1S/C21H23NO6S/c23-21(24)20(22-29(25,26)13-12-14-6-2-1-3-7-14)28-18-11-5-9-16-15-8-4-10-17(15)27-19(16)18/h1-3,5-7,9,11,15,17,20,22H,4,8,10,12-13H2,(H,23,24). The zero-order valence-electron chi connectivity index (χ0n) is 15.8. The number of aliphatic carboxylic acids is 1. The van der Waals surface area contributed by atoms with Crippen molar-refractivity contribution in [3.05, 3.63) is 59.7 Å². The smallest absolute Gasteiger partial charge is 0.361 e. The summed E-state index contributed by atoms with van der Waals surface area (Å²) in [5.74, 6) is -0.590. The number of carboxylic acids is 1. The number of sulfonamides is 1. The van der Waals surface area contributed by atoms with E-state index in [0.717, 1.165) is 30.4 Å². The molecule has 7 nitrogen and oxygen atoms in total. The second-order valence-electron chi connectivity index (χ2n) is 7.38. The quantitative estimate of drug-likeness (QED) is 0.641. The Kier molecular flexibility index (Phi) is 5.47. The first-order chi connectivity index (χ1) is 13.9. The number of carboxylic acid groups (broad SMARTS) is 1. The van der Waals surface area contributed by atoms with Gasteiger partial charge in [0.05, 0.1) is 5.75 Å². The number of nitrogens with one attached hydrogen (secondary N) is 1. The highest BCUT2D eigenvalue weighted by Crippen LogP contribution is 2.50. The Hall–Kier alpha value is -2.58. The number of para-hydroxylation sites is 1. The number of benzene rings is 2. The summed E-state index contributed by atoms with van der Waals surface area (Å²) < 4.78 is 38.5. The highest BCUT2D eigenvalue weighted by Gasteiger charge is 2.40. The van der Waals surface area contributed by atoms with Gasteiger partial charge in [-0.25, -0.2) is 13.2 Å². The Morgan fingerprint density at radius 1 is 1.17 bits per heavy atom. The topological polar surface area (TPSA) is 102 Å². The Morgan fingerprint density at radius 2 is 1.97 bits per heavy atom. The first kappa shape index (κ1) is 19.7. The van der Waals surface area contributed by atoms with E-state index in [2.05, 4.69) is 4.72 Å². The van der Waals surface area contributed by atoms with E-state index in [4.69, 9.17) is 9.47 Å². The molecule has 0 spiro atoms. The molecule has 1 fully saturated rings. The lowest BCUT2D eigenvalue weighted by molar-refractivity contribution is -0.145. The molecule has 0 radical (unpaired) electrons. The van der Waals surface area contributed by atoms with Gasteiger partial charge in [-0.3, -0.25) is 0 Å². The van der Waals surface area contributed by atoms with Gasteiger partial charge in [-0.05, 0) is 37.3 Å². The molecule has 2 N–H and O–H groups in total. The number of hydrogen-bond donors (Lipinski definition) is 2. The van der Waals surface area contributed by atoms with Gasteiger partial charge in [0.25, 0.3) is 6.23 Å². The highest BCUT2D eigenvalue weighted by molar-refractivity contribution is 7.89. The van der Waals surface area contributed by atoms with Crippen molar-refractivity contribution in [2.45, 2.75) is 43.9 Å². The molecule has 29 heavy (non-hydrogen) atoms. The summed E-state index contributed by atoms with van der Waals surface area (Å²) in [6.45, 7) is 0. The zero-order valence-corrected chi connectivity index (χ0v) is 16.6. The van der Waals surface area contributed by atoms with E-state index in [1.54, 1.807) is 12.1 Å². The van der Waals surface area contributed by atoms with Crippen LogP contribution in [-0.2, 0) is 21.2 Å². The Morgan fingerprint density at radius 3 is 2.72 bits per heavy atom. The number of fused-ring (bicyclic) bond motifs is 3. The molecule has 1 aliphatic carbocycles. The van der Waals surface area contributed by atoms with Crippen LogP contribution in [0.1, 0.15) is 36.3 Å². The molecule has 4 rings (SSSR count). The number of aryl methyl sites for hydroxylation is 1. The van der Waals surface area contributed by atoms with Crippen molar-refractivity contribution in [3.8, 4) is 11.5 Å². The van der Waals surface area contributed by atoms with Crippen LogP contribution in [0.3, 0.4) is 0 Å². The average molecular weight is 417 g/mol. The molecular weight excluding hydrogens is 394 g/mol. The van der Waals surface area contributed by atoms with Gasteiger partial charge in [0, 0.05) is 11.5 Å². The largest absolute Gasteiger partial charge is 0.486 e. The number of carbonyl (C=O) groups is 1. The van der Waals surface area contributed by atoms with E-state index in [-0.39, 0.29) is 24.0 Å². The molecular formula is C21H23NO6S. The van der Waals surface area contributed by atoms with Crippen molar-refractivity contribution < 1.29 is 27.8 Å². The lowest BCUT2D eigenvalue weighted by Crippen LogP contribution is -2.46. The fourth-order valence-corrected chi connectivity index (χ4v) is 5.09. The second kappa shape index (κ2) is 8.04. The third-order valence-corrected chi connectivity index (χ3v) is 6.70. The van der Waals surface area contributed by atoms with Crippen LogP contribution in [0.4, 0.5) is 0 Å². The van der Waals surface area contributed by atoms with Gasteiger partial charge in [-0.15, -0.1) is 0 Å². The van der Waals surface area contributed by atoms with Gasteiger partial charge in [0.2, 0.25) is 10.0 Å². The monoisotopic (exact) mass is 417 g/mol. The van der Waals surface area contributed by atoms with Crippen LogP contribution >= 0.6 is 0 Å². The van der Waals surface area contributed by atoms with Crippen molar-refractivity contribution in [2.75, 3.05) is 5.75 Å². The molecule has 1 aliphatic heterocycles. The normalized spacial score (nSPS) is 21.1. The molecule has 1 saturated carbocycles. The maximum Gasteiger partial charge on any atom is 0.361 e. The van der Waals surface area contributed by atoms with Crippen molar-refractivity contribution in [2.24, 2.45) is 0 Å². The molecule has 8 heteroatoms. The average Bonchev–Trinajstić information content (AvgIpc) is 3.29. The third-order valence-electron chi connectivity index (χ3n) is 5.39. The zero-order chi connectivity index (χ0) is 20.4. The number of hydrogen-bond acceptors (Lipinski definition) is 5. The maximum absolute atomic E-state index is 12.4. The van der Waals surface area contributed by atoms with Crippen LogP contribution in [0.25, 0.3) is 0 Å². The molecule has 154 valence electrons. The number of rotatable bonds is 8. The fraction of sp³-hybridized carbons (Fsp3) is 0.381. The molecule has 0 bridgehead atoms. The predicted molar refractivity (Wildman–Crippen MR) is 107 cm³/mol. The van der Waals surface area contributed by atoms with Crippen LogP contribution in [0.5, 0.6) is 11.5 Å². The third kappa shape index (κ3) is 4.38. The Balaban J connectivity index is 1.47. The number of ether oxygens (including phenoxy) is 2. The van der Waals surface area contributed by atoms with E-state index in [9.17, 15) is 18.3 Å². The summed E-state index contributed by atoms with van der Waals surface area (Å²) in [6, 6.07) is 14.5. The lowest BCUT2D eigenvalue weighted by Gasteiger charge is -2.18. The SMILES string of the molecule is O=C(O)C(NS(=O)(=O)CCc1ccccc1)Oc1cccc2c1OC1CCCC21. The molecule has 0 aromatic heterocycles. The van der Waals surface area contributed by atoms with Crippen molar-refractivity contribution in [3.63, 3.8) is 0 Å². The summed E-state index contributed by atoms with van der Waals surface area (Å²) in [6.07, 6.45) is 1.70. The van der Waals surface area contributed by atoms with Gasteiger partial charge < -0.3 is 14.6 Å². The van der Waals surface area contributed by atoms with Crippen LogP contribution in [0.15, 0.2) is 48.5 Å². The van der Waals surface area contributed by atoms with Gasteiger partial charge in [-0.2, -0.15) is 4.72 Å². The minimum Gasteiger partial charge on any atom is -0.486 e. The maximum atomic E-state index is 12.4. The first-order valence-corrected chi connectivity index (χ1v) is 11.3. The summed E-state index contributed by atoms with van der Waals surface area (Å²) in [5, 5.41) is 9.50. The minimum absolute atomic E-state index is 0.0839. The molecule has 3 unspecified atom stereocenters. The summed E-state index contributed by atoms with van der Waals surface area (Å²) in [4.78, 5) is 11.7. The van der Waals surface area contributed by atoms with E-state index in [0.29, 0.717) is 11.7 Å². The van der Waals surface area contributed by atoms with Crippen LogP contribution < -0.4 is 14.2 Å². The molecule has 3 atom stereocenters. The molecule has 2 aliphatic rings. The summed E-state index contributed by atoms with van der Waals surface area (Å²) in [7, 11) is -3.87. The van der Waals surface area contributed by atoms with Crippen LogP contribution in [-0.4, -0.2) is 37.6 Å². The van der Waals surface area contributed by atoms with E-state index in [1.165, 1.54) is 0 Å². The van der Waals surface area contributed by atoms with E-state index < -0.39 is 22.2 Å². The van der Waals surface area contributed by atoms with Crippen molar-refractivity contribution >= 4 is 16.0 Å². The van der Waals surface area contributed by atoms with Gasteiger partial charge in [0.15, 0.2) is 11.5 Å². The highest BCUT2D eigenvalue weighted by atomic mass is 32.2. The summed E-state index contributed by atoms with van der Waals surface area (Å²) in [5.41, 5.74) is 1.85. The Bertz CT molecular complexity index is 991. The van der Waals surface area contributed by atoms with Crippen molar-refractivity contribution in [1.29, 1.82) is 0 Å². The molecule has 1 heterocycles. The minimum atomic E-state index is -3.87. The Labute approximate surface area is 169 Å². The molecule has 0 saturated heterocycles. The predicted octanol–water partition coefficient (Wildman–Crippen LogP) is 2.67. The summed E-state index contributed by atoms with van der Waals surface area (Å²) >= 11 is 0. The molecule has 2 aromatic rings. The first-order valence-electron chi connectivity index (χ1n) is 9.66. The van der Waals surface area contributed by atoms with E-state index in [1.807, 2.05) is 36.4 Å². The molecule has 2 aromatic carbocycles.